The van der Waals surface area contributed by atoms with Crippen LogP contribution in [0.4, 0.5) is 11.8 Å². The Labute approximate surface area is 121 Å². The molecule has 1 fully saturated rings. The van der Waals surface area contributed by atoms with E-state index in [1.54, 1.807) is 0 Å². The fraction of sp³-hybridized carbons (Fsp3) is 0.714. The Morgan fingerprint density at radius 3 is 2.55 bits per heavy atom. The summed E-state index contributed by atoms with van der Waals surface area (Å²) in [5.74, 6) is 1.78. The Morgan fingerprint density at radius 2 is 1.90 bits per heavy atom. The quantitative estimate of drug-likeness (QED) is 0.847. The second-order valence-corrected chi connectivity index (χ2v) is 5.71. The lowest BCUT2D eigenvalue weighted by Gasteiger charge is -2.32. The number of aryl methyl sites for hydroxylation is 1. The predicted molar refractivity (Wildman–Crippen MR) is 83.5 cm³/mol. The van der Waals surface area contributed by atoms with E-state index in [0.29, 0.717) is 0 Å². The largest absolute Gasteiger partial charge is 0.369 e. The van der Waals surface area contributed by atoms with E-state index >= 15 is 0 Å². The molecule has 1 saturated heterocycles. The highest BCUT2D eigenvalue weighted by atomic mass is 15.3. The fourth-order valence-electron chi connectivity index (χ4n) is 2.20. The molecule has 0 unspecified atom stereocenters. The van der Waals surface area contributed by atoms with Crippen molar-refractivity contribution in [3.05, 3.63) is 11.8 Å². The van der Waals surface area contributed by atoms with Crippen LogP contribution < -0.4 is 10.2 Å². The Hall–Kier alpha value is -1.40. The molecule has 0 atom stereocenters. The number of hydrogen-bond acceptors (Lipinski definition) is 6. The summed E-state index contributed by atoms with van der Waals surface area (Å²) in [5.41, 5.74) is 1.02. The number of likely N-dealkylation sites (N-methyl/N-ethyl adjacent to an activating group) is 2. The molecule has 1 aromatic rings. The third kappa shape index (κ3) is 4.31. The topological polar surface area (TPSA) is 47.5 Å². The Morgan fingerprint density at radius 1 is 1.20 bits per heavy atom. The molecule has 1 N–H and O–H groups in total. The Bertz CT molecular complexity index is 426. The first-order valence-corrected chi connectivity index (χ1v) is 7.22. The standard InChI is InChI=1S/C14H26N6/c1-12-11-13(15-5-6-18(2)3)17-14(16-12)20-9-7-19(4)8-10-20/h11H,5-10H2,1-4H3,(H,15,16,17). The number of aromatic nitrogens is 2. The molecule has 1 aromatic heterocycles. The van der Waals surface area contributed by atoms with Crippen LogP contribution in [0.5, 0.6) is 0 Å². The maximum atomic E-state index is 4.65. The van der Waals surface area contributed by atoms with E-state index in [1.165, 1.54) is 0 Å². The molecule has 0 aromatic carbocycles. The zero-order chi connectivity index (χ0) is 14.5. The fourth-order valence-corrected chi connectivity index (χ4v) is 2.20. The highest BCUT2D eigenvalue weighted by molar-refractivity contribution is 5.44. The molecule has 1 aliphatic rings. The number of anilines is 2. The van der Waals surface area contributed by atoms with Crippen LogP contribution in [-0.2, 0) is 0 Å². The van der Waals surface area contributed by atoms with Crippen LogP contribution in [0.15, 0.2) is 6.07 Å². The number of hydrogen-bond donors (Lipinski definition) is 1. The SMILES string of the molecule is Cc1cc(NCCN(C)C)nc(N2CCN(C)CC2)n1. The van der Waals surface area contributed by atoms with Crippen LogP contribution >= 0.6 is 0 Å². The summed E-state index contributed by atoms with van der Waals surface area (Å²) in [7, 11) is 6.30. The van der Waals surface area contributed by atoms with Crippen LogP contribution in [0.2, 0.25) is 0 Å². The van der Waals surface area contributed by atoms with Gasteiger partial charge < -0.3 is 20.0 Å². The van der Waals surface area contributed by atoms with E-state index in [2.05, 4.69) is 51.1 Å². The lowest BCUT2D eigenvalue weighted by Crippen LogP contribution is -2.45. The Kier molecular flexibility index (Phi) is 5.14. The van der Waals surface area contributed by atoms with Crippen LogP contribution in [0, 0.1) is 6.92 Å². The van der Waals surface area contributed by atoms with E-state index in [1.807, 2.05) is 13.0 Å². The molecule has 0 radical (unpaired) electrons. The molecule has 0 amide bonds. The van der Waals surface area contributed by atoms with Crippen molar-refractivity contribution in [1.82, 2.24) is 19.8 Å². The van der Waals surface area contributed by atoms with Crippen LogP contribution in [0.1, 0.15) is 5.69 Å². The monoisotopic (exact) mass is 278 g/mol. The summed E-state index contributed by atoms with van der Waals surface area (Å²) in [4.78, 5) is 16.0. The van der Waals surface area contributed by atoms with Crippen molar-refractivity contribution >= 4 is 11.8 Å². The number of piperazine rings is 1. The van der Waals surface area contributed by atoms with Crippen LogP contribution in [-0.4, -0.2) is 80.2 Å². The lowest BCUT2D eigenvalue weighted by atomic mass is 10.3. The smallest absolute Gasteiger partial charge is 0.227 e. The summed E-state index contributed by atoms with van der Waals surface area (Å²) in [6, 6.07) is 2.01. The lowest BCUT2D eigenvalue weighted by molar-refractivity contribution is 0.311. The second-order valence-electron chi connectivity index (χ2n) is 5.71. The molecule has 0 saturated carbocycles. The first-order chi connectivity index (χ1) is 9.54. The van der Waals surface area contributed by atoms with Gasteiger partial charge in [-0.3, -0.25) is 0 Å². The Balaban J connectivity index is 2.00. The third-order valence-electron chi connectivity index (χ3n) is 3.49. The van der Waals surface area contributed by atoms with Crippen molar-refractivity contribution in [3.8, 4) is 0 Å². The van der Waals surface area contributed by atoms with Gasteiger partial charge in [0.25, 0.3) is 0 Å². The van der Waals surface area contributed by atoms with E-state index in [4.69, 9.17) is 0 Å². The van der Waals surface area contributed by atoms with Gasteiger partial charge in [-0.05, 0) is 28.1 Å². The zero-order valence-electron chi connectivity index (χ0n) is 13.1. The summed E-state index contributed by atoms with van der Waals surface area (Å²) < 4.78 is 0. The van der Waals surface area contributed by atoms with Gasteiger partial charge in [0.15, 0.2) is 0 Å². The molecule has 2 heterocycles. The van der Waals surface area contributed by atoms with Crippen molar-refractivity contribution in [1.29, 1.82) is 0 Å². The van der Waals surface area contributed by atoms with Gasteiger partial charge in [-0.1, -0.05) is 0 Å². The summed E-state index contributed by atoms with van der Waals surface area (Å²) in [5, 5.41) is 3.38. The minimum atomic E-state index is 0.852. The van der Waals surface area contributed by atoms with Gasteiger partial charge in [0, 0.05) is 51.0 Å². The number of nitrogens with one attached hydrogen (secondary N) is 1. The van der Waals surface area contributed by atoms with E-state index in [-0.39, 0.29) is 0 Å². The molecule has 0 aliphatic carbocycles. The van der Waals surface area contributed by atoms with Crippen LogP contribution in [0.3, 0.4) is 0 Å². The third-order valence-corrected chi connectivity index (χ3v) is 3.49. The van der Waals surface area contributed by atoms with Crippen molar-refractivity contribution in [3.63, 3.8) is 0 Å². The highest BCUT2D eigenvalue weighted by Crippen LogP contribution is 2.15. The van der Waals surface area contributed by atoms with E-state index < -0.39 is 0 Å². The molecular formula is C14H26N6. The summed E-state index contributed by atoms with van der Waals surface area (Å²) in [6.45, 7) is 8.05. The first-order valence-electron chi connectivity index (χ1n) is 7.22. The molecule has 0 bridgehead atoms. The molecule has 6 nitrogen and oxygen atoms in total. The maximum Gasteiger partial charge on any atom is 0.227 e. The minimum absolute atomic E-state index is 0.852. The van der Waals surface area contributed by atoms with E-state index in [9.17, 15) is 0 Å². The van der Waals surface area contributed by atoms with Gasteiger partial charge in [0.2, 0.25) is 5.95 Å². The molecule has 112 valence electrons. The van der Waals surface area contributed by atoms with Gasteiger partial charge in [-0.15, -0.1) is 0 Å². The molecule has 20 heavy (non-hydrogen) atoms. The van der Waals surface area contributed by atoms with Crippen molar-refractivity contribution in [2.24, 2.45) is 0 Å². The molecule has 1 aliphatic heterocycles. The number of nitrogens with zero attached hydrogens (tertiary/aromatic N) is 5. The molecule has 2 rings (SSSR count). The predicted octanol–water partition coefficient (Wildman–Crippen LogP) is 0.510. The summed E-state index contributed by atoms with van der Waals surface area (Å²) in [6.07, 6.45) is 0. The normalized spacial score (nSPS) is 16.8. The second kappa shape index (κ2) is 6.85. The van der Waals surface area contributed by atoms with Crippen LogP contribution in [0.25, 0.3) is 0 Å². The molecule has 0 spiro atoms. The van der Waals surface area contributed by atoms with Crippen molar-refractivity contribution in [2.45, 2.75) is 6.92 Å². The van der Waals surface area contributed by atoms with Crippen molar-refractivity contribution < 1.29 is 0 Å². The van der Waals surface area contributed by atoms with Gasteiger partial charge in [0.05, 0.1) is 0 Å². The molecular weight excluding hydrogens is 252 g/mol. The number of rotatable bonds is 5. The molecule has 6 heteroatoms. The van der Waals surface area contributed by atoms with Gasteiger partial charge in [-0.2, -0.15) is 4.98 Å². The highest BCUT2D eigenvalue weighted by Gasteiger charge is 2.17. The zero-order valence-corrected chi connectivity index (χ0v) is 13.1. The first kappa shape index (κ1) is 15.0. The van der Waals surface area contributed by atoms with Crippen molar-refractivity contribution in [2.75, 3.05) is 70.6 Å². The van der Waals surface area contributed by atoms with Gasteiger partial charge in [0.1, 0.15) is 5.82 Å². The summed E-state index contributed by atoms with van der Waals surface area (Å²) >= 11 is 0. The van der Waals surface area contributed by atoms with E-state index in [0.717, 1.165) is 56.7 Å². The maximum absolute atomic E-state index is 4.65. The minimum Gasteiger partial charge on any atom is -0.369 e. The van der Waals surface area contributed by atoms with Gasteiger partial charge >= 0.3 is 0 Å². The van der Waals surface area contributed by atoms with Gasteiger partial charge in [-0.25, -0.2) is 4.98 Å². The average Bonchev–Trinajstić information content (AvgIpc) is 2.38. The average molecular weight is 278 g/mol.